The molecule has 0 saturated carbocycles. The summed E-state index contributed by atoms with van der Waals surface area (Å²) in [5, 5.41) is 17.9. The topological polar surface area (TPSA) is 146 Å². The summed E-state index contributed by atoms with van der Waals surface area (Å²) >= 11 is 0. The van der Waals surface area contributed by atoms with Crippen LogP contribution in [0.15, 0.2) is 228 Å². The van der Waals surface area contributed by atoms with E-state index in [0.717, 1.165) is 22.3 Å². The van der Waals surface area contributed by atoms with Crippen molar-refractivity contribution in [2.45, 2.75) is 0 Å². The number of ether oxygens (including phenoxy) is 4. The van der Waals surface area contributed by atoms with Crippen molar-refractivity contribution in [3.8, 4) is 46.9 Å². The average molecular weight is 966 g/mol. The quantitative estimate of drug-likeness (QED) is 0.123. The van der Waals surface area contributed by atoms with Crippen molar-refractivity contribution in [2.75, 3.05) is 0 Å². The molecule has 6 aromatic carbocycles. The molecule has 0 aliphatic carbocycles. The van der Waals surface area contributed by atoms with Crippen molar-refractivity contribution >= 4 is 34.3 Å². The Morgan fingerprint density at radius 3 is 1.13 bits per heavy atom. The van der Waals surface area contributed by atoms with Crippen LogP contribution in [0.25, 0.3) is 20.8 Å². The number of benzene rings is 6. The van der Waals surface area contributed by atoms with Gasteiger partial charge in [0.15, 0.2) is 11.4 Å². The average Bonchev–Trinajstić information content (AvgIpc) is 4.27. The van der Waals surface area contributed by atoms with E-state index in [4.69, 9.17) is 42.6 Å². The predicted molar refractivity (Wildman–Crippen MR) is 267 cm³/mol. The van der Waals surface area contributed by atoms with Gasteiger partial charge in [0.2, 0.25) is 11.8 Å². The fourth-order valence-electron chi connectivity index (χ4n) is 7.08. The molecule has 2 aliphatic heterocycles. The zero-order chi connectivity index (χ0) is 48.1. The van der Waals surface area contributed by atoms with Gasteiger partial charge in [0.25, 0.3) is 0 Å². The number of nitrogens with zero attached hydrogens (tertiary/aromatic N) is 8. The Hall–Kier alpha value is -10.2. The first-order chi connectivity index (χ1) is 34.4. The predicted octanol–water partition coefficient (Wildman–Crippen LogP) is 13.3. The number of aromatic nitrogens is 2. The van der Waals surface area contributed by atoms with Gasteiger partial charge in [-0.2, -0.15) is 10.5 Å². The van der Waals surface area contributed by atoms with E-state index in [1.165, 1.54) is 0 Å². The molecule has 0 amide bonds. The summed E-state index contributed by atoms with van der Waals surface area (Å²) in [6.45, 7) is 14.1. The first-order valence-electron chi connectivity index (χ1n) is 21.5. The Kier molecular flexibility index (Phi) is 15.0. The third-order valence-electron chi connectivity index (χ3n) is 10.4. The van der Waals surface area contributed by atoms with Crippen LogP contribution in [0.5, 0.6) is 34.8 Å². The fourth-order valence-corrected chi connectivity index (χ4v) is 7.08. The van der Waals surface area contributed by atoms with E-state index in [1.54, 1.807) is 121 Å². The molecule has 0 atom stereocenters. The fraction of sp³-hybridized carbons (Fsp3) is 0. The van der Waals surface area contributed by atoms with Crippen molar-refractivity contribution in [3.63, 3.8) is 0 Å². The molecule has 0 spiro atoms. The molecule has 2 aromatic heterocycles. The van der Waals surface area contributed by atoms with Gasteiger partial charge in [-0.25, -0.2) is 19.7 Å². The number of rotatable bonds is 10. The molecular formula is C58H34CoN8O4. The van der Waals surface area contributed by atoms with E-state index in [1.807, 2.05) is 84.9 Å². The maximum Gasteiger partial charge on any atom is 2.00 e. The van der Waals surface area contributed by atoms with Gasteiger partial charge in [-0.1, -0.05) is 97.1 Å². The minimum atomic E-state index is 0. The minimum Gasteiger partial charge on any atom is -0.626 e. The number of aliphatic imine (C=N–C) groups is 2. The largest absolute Gasteiger partial charge is 2.00 e. The normalized spacial score (nSPS) is 13.3. The van der Waals surface area contributed by atoms with Crippen LogP contribution >= 0.6 is 0 Å². The Labute approximate surface area is 419 Å². The molecule has 0 unspecified atom stereocenters. The van der Waals surface area contributed by atoms with Crippen LogP contribution in [0.3, 0.4) is 0 Å². The van der Waals surface area contributed by atoms with Crippen molar-refractivity contribution in [1.29, 1.82) is 10.5 Å². The molecule has 12 nitrogen and oxygen atoms in total. The van der Waals surface area contributed by atoms with Crippen LogP contribution in [0, 0.1) is 35.8 Å². The standard InChI is InChI=1S/2C29H17N4O2.Co/c2*1-31-22-9-13-24(14-10-22)35-28-18-16-26(33-28)29(21-5-3-2-4-6-21)25-15-17-27(32-25)34-23-11-7-20(19-30)8-12-23;/h2*2-18H;/q2*-1;+2/b2*29-25-;. The van der Waals surface area contributed by atoms with Crippen LogP contribution in [-0.2, 0) is 16.8 Å². The van der Waals surface area contributed by atoms with Crippen LogP contribution in [0.1, 0.15) is 33.6 Å². The Morgan fingerprint density at radius 2 is 0.775 bits per heavy atom. The summed E-state index contributed by atoms with van der Waals surface area (Å²) in [7, 11) is 0. The molecule has 0 saturated heterocycles. The van der Waals surface area contributed by atoms with Crippen molar-refractivity contribution in [1.82, 2.24) is 9.97 Å². The molecule has 1 radical (unpaired) electrons. The second-order valence-corrected chi connectivity index (χ2v) is 15.0. The molecule has 8 aromatic rings. The summed E-state index contributed by atoms with van der Waals surface area (Å²) in [6, 6.07) is 58.9. The summed E-state index contributed by atoms with van der Waals surface area (Å²) in [5.74, 6) is 4.19. The smallest absolute Gasteiger partial charge is 0.626 e. The maximum absolute atomic E-state index is 8.97. The number of nitriles is 2. The monoisotopic (exact) mass is 965 g/mol. The Balaban J connectivity index is 0.000000188. The zero-order valence-corrected chi connectivity index (χ0v) is 38.2. The third kappa shape index (κ3) is 11.9. The van der Waals surface area contributed by atoms with Gasteiger partial charge < -0.3 is 28.9 Å². The van der Waals surface area contributed by atoms with Crippen molar-refractivity contribution < 1.29 is 35.7 Å². The molecule has 13 heteroatoms. The molecule has 0 N–H and O–H groups in total. The van der Waals surface area contributed by atoms with E-state index < -0.39 is 0 Å². The summed E-state index contributed by atoms with van der Waals surface area (Å²) < 4.78 is 23.5. The van der Waals surface area contributed by atoms with Gasteiger partial charge >= 0.3 is 16.8 Å². The second kappa shape index (κ2) is 22.6. The number of allylic oxidation sites excluding steroid dienone is 2. The van der Waals surface area contributed by atoms with Gasteiger partial charge in [-0.3, -0.25) is 0 Å². The molecular weight excluding hydrogens is 932 g/mol. The molecule has 10 rings (SSSR count). The van der Waals surface area contributed by atoms with Gasteiger partial charge in [-0.15, -0.1) is 11.4 Å². The summed E-state index contributed by atoms with van der Waals surface area (Å²) in [5.41, 5.74) is 8.70. The van der Waals surface area contributed by atoms with E-state index in [0.29, 0.717) is 91.8 Å². The summed E-state index contributed by atoms with van der Waals surface area (Å²) in [6.07, 6.45) is 7.38. The molecule has 2 aliphatic rings. The molecule has 0 fully saturated rings. The zero-order valence-electron chi connectivity index (χ0n) is 37.2. The van der Waals surface area contributed by atoms with Gasteiger partial charge in [0.1, 0.15) is 23.0 Å². The summed E-state index contributed by atoms with van der Waals surface area (Å²) in [4.78, 5) is 25.5. The molecule has 0 bridgehead atoms. The first kappa shape index (κ1) is 47.3. The molecule has 71 heavy (non-hydrogen) atoms. The SMILES string of the molecule is [C-]#[N+]c1ccc(Oc2ccc(/C(=C3/C=CC(Oc4ccc(C#N)cc4)=N3)c3ccccc3)[n-]2)cc1.[C-]#[N+]c1ccc(Oc2ccc(/C(=C3/C=CC(Oc4ccc(C#N)cc4)=N3)c3ccccc3)[n-]2)cc1.[Co+2]. The Bertz CT molecular complexity index is 3310. The van der Waals surface area contributed by atoms with E-state index in [-0.39, 0.29) is 16.8 Å². The van der Waals surface area contributed by atoms with Gasteiger partial charge in [-0.05, 0) is 119 Å². The van der Waals surface area contributed by atoms with Gasteiger partial charge in [0.05, 0.1) is 47.8 Å². The van der Waals surface area contributed by atoms with Crippen LogP contribution in [0.2, 0.25) is 0 Å². The molecule has 4 heterocycles. The van der Waals surface area contributed by atoms with Crippen LogP contribution < -0.4 is 28.9 Å². The minimum absolute atomic E-state index is 0. The molecule has 339 valence electrons. The first-order valence-corrected chi connectivity index (χ1v) is 21.5. The van der Waals surface area contributed by atoms with E-state index in [2.05, 4.69) is 41.8 Å². The number of hydrogen-bond donors (Lipinski definition) is 0. The van der Waals surface area contributed by atoms with E-state index in [9.17, 15) is 0 Å². The maximum atomic E-state index is 8.97. The van der Waals surface area contributed by atoms with Gasteiger partial charge in [0, 0.05) is 23.9 Å². The van der Waals surface area contributed by atoms with Crippen molar-refractivity contribution in [2.24, 2.45) is 9.98 Å². The van der Waals surface area contributed by atoms with Crippen LogP contribution in [-0.4, -0.2) is 11.8 Å². The van der Waals surface area contributed by atoms with Crippen LogP contribution in [0.4, 0.5) is 11.4 Å². The van der Waals surface area contributed by atoms with Crippen molar-refractivity contribution in [3.05, 3.63) is 274 Å². The Morgan fingerprint density at radius 1 is 0.423 bits per heavy atom. The van der Waals surface area contributed by atoms with E-state index >= 15 is 0 Å². The number of hydrogen-bond acceptors (Lipinski definition) is 8. The second-order valence-electron chi connectivity index (χ2n) is 15.0. The third-order valence-corrected chi connectivity index (χ3v) is 10.4.